The zero-order valence-electron chi connectivity index (χ0n) is 14.9. The van der Waals surface area contributed by atoms with Gasteiger partial charge in [0.05, 0.1) is 11.9 Å². The Labute approximate surface area is 159 Å². The molecule has 0 amide bonds. The molecule has 0 bridgehead atoms. The molecule has 3 heteroatoms. The molecule has 0 radical (unpaired) electrons. The molecule has 0 atom stereocenters. The lowest BCUT2D eigenvalue weighted by molar-refractivity contribution is 0.478. The number of hydrogen-bond acceptors (Lipinski definition) is 3. The zero-order chi connectivity index (χ0) is 18.2. The summed E-state index contributed by atoms with van der Waals surface area (Å²) in [5, 5.41) is 0.912. The molecule has 130 valence electrons. The van der Waals surface area contributed by atoms with Crippen LogP contribution in [0.3, 0.4) is 0 Å². The van der Waals surface area contributed by atoms with Gasteiger partial charge in [-0.1, -0.05) is 65.9 Å². The predicted octanol–water partition coefficient (Wildman–Crippen LogP) is 6.80. The summed E-state index contributed by atoms with van der Waals surface area (Å²) in [6.07, 6.45) is 1.77. The Balaban J connectivity index is 1.85. The van der Waals surface area contributed by atoms with E-state index in [-0.39, 0.29) is 0 Å². The van der Waals surface area contributed by atoms with Gasteiger partial charge in [-0.25, -0.2) is 4.99 Å². The topological polar surface area (TPSA) is 21.6 Å². The number of benzene rings is 3. The quantitative estimate of drug-likeness (QED) is 0.216. The van der Waals surface area contributed by atoms with Crippen molar-refractivity contribution in [2.45, 2.75) is 18.7 Å². The summed E-state index contributed by atoms with van der Waals surface area (Å²) in [4.78, 5) is 5.96. The van der Waals surface area contributed by atoms with E-state index in [1.54, 1.807) is 18.0 Å². The van der Waals surface area contributed by atoms with Gasteiger partial charge in [0.15, 0.2) is 0 Å². The average molecular weight is 359 g/mol. The summed E-state index contributed by atoms with van der Waals surface area (Å²) >= 11 is 1.63. The minimum absolute atomic E-state index is 0.818. The Hall–Kier alpha value is -2.78. The standard InChI is InChI=1S/C23H21NOS/c1-18-13-15-21(16-14-18)25-17-19(2)23(24-20-9-5-3-6-10-20)26-22-11-7-4-8-12-22/h3-17H,1-2H3/b19-17+,24-23?. The molecule has 0 fully saturated rings. The van der Waals surface area contributed by atoms with Crippen LogP contribution in [0.2, 0.25) is 0 Å². The summed E-state index contributed by atoms with van der Waals surface area (Å²) in [5.74, 6) is 0.818. The van der Waals surface area contributed by atoms with Crippen LogP contribution in [0.25, 0.3) is 0 Å². The smallest absolute Gasteiger partial charge is 0.126 e. The lowest BCUT2D eigenvalue weighted by atomic mass is 10.2. The van der Waals surface area contributed by atoms with Crippen molar-refractivity contribution in [3.05, 3.63) is 102 Å². The Morgan fingerprint density at radius 3 is 2.12 bits per heavy atom. The molecule has 0 aliphatic heterocycles. The van der Waals surface area contributed by atoms with Gasteiger partial charge in [-0.05, 0) is 50.2 Å². The summed E-state index contributed by atoms with van der Waals surface area (Å²) in [6.45, 7) is 4.08. The van der Waals surface area contributed by atoms with Crippen LogP contribution in [-0.2, 0) is 0 Å². The van der Waals surface area contributed by atoms with E-state index in [2.05, 4.69) is 19.1 Å². The second-order valence-corrected chi connectivity index (χ2v) is 6.96. The number of rotatable bonds is 5. The van der Waals surface area contributed by atoms with Crippen LogP contribution in [-0.4, -0.2) is 5.04 Å². The molecule has 3 rings (SSSR count). The number of aliphatic imine (C=N–C) groups is 1. The molecular weight excluding hydrogens is 338 g/mol. The highest BCUT2D eigenvalue weighted by molar-refractivity contribution is 8.14. The predicted molar refractivity (Wildman–Crippen MR) is 111 cm³/mol. The lowest BCUT2D eigenvalue weighted by Crippen LogP contribution is -1.97. The molecule has 3 aromatic rings. The molecule has 0 heterocycles. The van der Waals surface area contributed by atoms with Crippen LogP contribution >= 0.6 is 11.8 Å². The lowest BCUT2D eigenvalue weighted by Gasteiger charge is -2.08. The monoisotopic (exact) mass is 359 g/mol. The molecule has 0 N–H and O–H groups in total. The molecule has 0 spiro atoms. The van der Waals surface area contributed by atoms with Gasteiger partial charge in [0, 0.05) is 10.5 Å². The van der Waals surface area contributed by atoms with Gasteiger partial charge in [0.2, 0.25) is 0 Å². The van der Waals surface area contributed by atoms with Gasteiger partial charge in [0.25, 0.3) is 0 Å². The maximum atomic E-state index is 5.82. The van der Waals surface area contributed by atoms with E-state index in [0.29, 0.717) is 0 Å². The van der Waals surface area contributed by atoms with E-state index in [0.717, 1.165) is 26.9 Å². The van der Waals surface area contributed by atoms with E-state index in [4.69, 9.17) is 9.73 Å². The van der Waals surface area contributed by atoms with Crippen molar-refractivity contribution >= 4 is 22.5 Å². The normalized spacial score (nSPS) is 12.1. The van der Waals surface area contributed by atoms with E-state index >= 15 is 0 Å². The second-order valence-electron chi connectivity index (χ2n) is 5.90. The molecule has 0 aliphatic carbocycles. The number of hydrogen-bond donors (Lipinski definition) is 0. The number of para-hydroxylation sites is 1. The van der Waals surface area contributed by atoms with Gasteiger partial charge < -0.3 is 4.74 Å². The Kier molecular flexibility index (Phi) is 6.29. The van der Waals surface area contributed by atoms with Gasteiger partial charge >= 0.3 is 0 Å². The fraction of sp³-hybridized carbons (Fsp3) is 0.0870. The highest BCUT2D eigenvalue weighted by Crippen LogP contribution is 2.26. The second kappa shape index (κ2) is 9.07. The SMILES string of the molecule is C/C(=C\Oc1ccc(C)cc1)C(=Nc1ccccc1)Sc1ccccc1. The largest absolute Gasteiger partial charge is 0.465 e. The van der Waals surface area contributed by atoms with Crippen molar-refractivity contribution in [3.63, 3.8) is 0 Å². The summed E-state index contributed by atoms with van der Waals surface area (Å²) < 4.78 is 5.82. The van der Waals surface area contributed by atoms with Crippen LogP contribution in [0, 0.1) is 6.92 Å². The van der Waals surface area contributed by atoms with E-state index in [1.807, 2.05) is 79.7 Å². The van der Waals surface area contributed by atoms with Gasteiger partial charge in [-0.3, -0.25) is 0 Å². The molecule has 0 unspecified atom stereocenters. The number of thioether (sulfide) groups is 1. The van der Waals surface area contributed by atoms with Crippen LogP contribution in [0.1, 0.15) is 12.5 Å². The minimum atomic E-state index is 0.818. The van der Waals surface area contributed by atoms with Crippen molar-refractivity contribution in [1.82, 2.24) is 0 Å². The van der Waals surface area contributed by atoms with Crippen molar-refractivity contribution in [1.29, 1.82) is 0 Å². The molecular formula is C23H21NOS. The molecule has 0 aromatic heterocycles. The fourth-order valence-electron chi connectivity index (χ4n) is 2.24. The molecule has 26 heavy (non-hydrogen) atoms. The van der Waals surface area contributed by atoms with Crippen molar-refractivity contribution < 1.29 is 4.74 Å². The minimum Gasteiger partial charge on any atom is -0.465 e. The van der Waals surface area contributed by atoms with Crippen LogP contribution < -0.4 is 4.74 Å². The fourth-order valence-corrected chi connectivity index (χ4v) is 3.11. The van der Waals surface area contributed by atoms with Gasteiger partial charge in [-0.15, -0.1) is 0 Å². The summed E-state index contributed by atoms with van der Waals surface area (Å²) in [6, 6.07) is 28.2. The first-order valence-electron chi connectivity index (χ1n) is 8.48. The van der Waals surface area contributed by atoms with E-state index < -0.39 is 0 Å². The Morgan fingerprint density at radius 1 is 0.846 bits per heavy atom. The average Bonchev–Trinajstić information content (AvgIpc) is 2.68. The van der Waals surface area contributed by atoms with Gasteiger partial charge in [0.1, 0.15) is 10.8 Å². The van der Waals surface area contributed by atoms with Crippen LogP contribution in [0.4, 0.5) is 5.69 Å². The van der Waals surface area contributed by atoms with E-state index in [9.17, 15) is 0 Å². The van der Waals surface area contributed by atoms with E-state index in [1.165, 1.54) is 5.56 Å². The highest BCUT2D eigenvalue weighted by atomic mass is 32.2. The van der Waals surface area contributed by atoms with Crippen molar-refractivity contribution in [2.24, 2.45) is 4.99 Å². The third-order valence-electron chi connectivity index (χ3n) is 3.67. The highest BCUT2D eigenvalue weighted by Gasteiger charge is 2.07. The molecule has 0 saturated heterocycles. The first-order valence-corrected chi connectivity index (χ1v) is 9.29. The molecule has 0 aliphatic rings. The molecule has 3 aromatic carbocycles. The Morgan fingerprint density at radius 2 is 1.46 bits per heavy atom. The molecule has 2 nitrogen and oxygen atoms in total. The third-order valence-corrected chi connectivity index (χ3v) is 4.79. The van der Waals surface area contributed by atoms with Gasteiger partial charge in [-0.2, -0.15) is 0 Å². The third kappa shape index (κ3) is 5.36. The van der Waals surface area contributed by atoms with Crippen LogP contribution in [0.15, 0.2) is 107 Å². The Bertz CT molecular complexity index is 885. The van der Waals surface area contributed by atoms with Crippen LogP contribution in [0.5, 0.6) is 5.75 Å². The van der Waals surface area contributed by atoms with Crippen molar-refractivity contribution in [2.75, 3.05) is 0 Å². The molecule has 0 saturated carbocycles. The summed E-state index contributed by atoms with van der Waals surface area (Å²) in [7, 11) is 0. The zero-order valence-corrected chi connectivity index (χ0v) is 15.7. The maximum absolute atomic E-state index is 5.82. The first kappa shape index (κ1) is 18.0. The number of aryl methyl sites for hydroxylation is 1. The maximum Gasteiger partial charge on any atom is 0.126 e. The first-order chi connectivity index (χ1) is 12.7. The summed E-state index contributed by atoms with van der Waals surface area (Å²) in [5.41, 5.74) is 3.11. The number of ether oxygens (including phenoxy) is 1. The number of nitrogens with zero attached hydrogens (tertiary/aromatic N) is 1. The van der Waals surface area contributed by atoms with Crippen molar-refractivity contribution in [3.8, 4) is 5.75 Å².